The van der Waals surface area contributed by atoms with E-state index in [-0.39, 0.29) is 30.9 Å². The van der Waals surface area contributed by atoms with Crippen LogP contribution in [0.25, 0.3) is 0 Å². The molecule has 3 fully saturated rings. The second-order valence-corrected chi connectivity index (χ2v) is 14.6. The third-order valence-electron chi connectivity index (χ3n) is 9.89. The maximum atomic E-state index is 14.9. The number of aliphatic hydroxyl groups excluding tert-OH is 1. The van der Waals surface area contributed by atoms with Gasteiger partial charge in [-0.3, -0.25) is 14.4 Å². The number of aliphatic hydroxyl groups is 1. The van der Waals surface area contributed by atoms with Crippen molar-refractivity contribution in [2.24, 2.45) is 11.8 Å². The number of nitrogens with zero attached hydrogens (tertiary/aromatic N) is 3. The van der Waals surface area contributed by atoms with Gasteiger partial charge in [-0.25, -0.2) is 0 Å². The Morgan fingerprint density at radius 2 is 1.76 bits per heavy atom. The topological polar surface area (TPSA) is 90.4 Å². The van der Waals surface area contributed by atoms with Gasteiger partial charge >= 0.3 is 0 Å². The normalized spacial score (nSPS) is 26.8. The molecule has 1 N–H and O–H groups in total. The Hall–Kier alpha value is -3.56. The molecule has 3 saturated heterocycles. The maximum Gasteiger partial charge on any atom is 0.247 e. The molecule has 3 aliphatic rings. The Bertz CT molecular complexity index is 1430. The van der Waals surface area contributed by atoms with Crippen LogP contribution in [-0.4, -0.2) is 81.0 Å². The molecule has 6 atom stereocenters. The largest absolute Gasteiger partial charge is 0.494 e. The van der Waals surface area contributed by atoms with Crippen LogP contribution in [-0.2, 0) is 14.4 Å². The Morgan fingerprint density at radius 1 is 1.07 bits per heavy atom. The van der Waals surface area contributed by atoms with Crippen molar-refractivity contribution in [2.45, 2.75) is 68.0 Å². The molecule has 3 heterocycles. The molecule has 3 amide bonds. The van der Waals surface area contributed by atoms with Crippen molar-refractivity contribution in [1.29, 1.82) is 0 Å². The second kappa shape index (κ2) is 14.1. The van der Waals surface area contributed by atoms with E-state index in [0.717, 1.165) is 18.4 Å². The molecule has 2 aromatic rings. The fourth-order valence-electron chi connectivity index (χ4n) is 7.86. The van der Waals surface area contributed by atoms with E-state index in [0.29, 0.717) is 44.0 Å². The van der Waals surface area contributed by atoms with Gasteiger partial charge in [-0.05, 0) is 62.9 Å². The van der Waals surface area contributed by atoms with Gasteiger partial charge in [0, 0.05) is 30.1 Å². The Balaban J connectivity index is 1.61. The van der Waals surface area contributed by atoms with Crippen LogP contribution < -0.4 is 9.64 Å². The summed E-state index contributed by atoms with van der Waals surface area (Å²) in [6.45, 7) is 15.3. The molecule has 1 spiro atoms. The summed E-state index contributed by atoms with van der Waals surface area (Å²) in [5, 5.41) is 10.8. The third kappa shape index (κ3) is 5.77. The van der Waals surface area contributed by atoms with Crippen LogP contribution in [0.1, 0.15) is 58.1 Å². The smallest absolute Gasteiger partial charge is 0.247 e. The number of hydrogen-bond acceptors (Lipinski definition) is 6. The number of ether oxygens (including phenoxy) is 1. The second-order valence-electron chi connectivity index (χ2n) is 12.7. The van der Waals surface area contributed by atoms with Crippen LogP contribution in [0.15, 0.2) is 79.9 Å². The van der Waals surface area contributed by atoms with Crippen molar-refractivity contribution in [3.8, 4) is 5.75 Å². The maximum absolute atomic E-state index is 14.9. The molecule has 0 aliphatic carbocycles. The molecule has 2 aromatic carbocycles. The summed E-state index contributed by atoms with van der Waals surface area (Å²) in [4.78, 5) is 49.7. The van der Waals surface area contributed by atoms with Crippen LogP contribution in [0.5, 0.6) is 5.75 Å². The van der Waals surface area contributed by atoms with Gasteiger partial charge < -0.3 is 24.5 Å². The first-order chi connectivity index (χ1) is 22.2. The first-order valence-electron chi connectivity index (χ1n) is 16.4. The fourth-order valence-corrected chi connectivity index (χ4v) is 10.2. The van der Waals surface area contributed by atoms with Crippen LogP contribution in [0.4, 0.5) is 5.69 Å². The first-order valence-corrected chi connectivity index (χ1v) is 17.3. The van der Waals surface area contributed by atoms with Gasteiger partial charge in [-0.2, -0.15) is 0 Å². The van der Waals surface area contributed by atoms with Gasteiger partial charge in [-0.15, -0.1) is 24.9 Å². The van der Waals surface area contributed by atoms with Gasteiger partial charge in [0.15, 0.2) is 0 Å². The predicted molar refractivity (Wildman–Crippen MR) is 184 cm³/mol. The molecule has 8 nitrogen and oxygen atoms in total. The molecule has 0 aromatic heterocycles. The molecule has 0 radical (unpaired) electrons. The van der Waals surface area contributed by atoms with E-state index >= 15 is 0 Å². The summed E-state index contributed by atoms with van der Waals surface area (Å²) in [6, 6.07) is 15.2. The number of fused-ring (bicyclic) bond motifs is 1. The fraction of sp³-hybridized carbons (Fsp3) is 0.486. The number of carbonyl (C=O) groups excluding carboxylic acids is 3. The van der Waals surface area contributed by atoms with Gasteiger partial charge in [0.2, 0.25) is 17.7 Å². The van der Waals surface area contributed by atoms with E-state index in [1.54, 1.807) is 38.6 Å². The lowest BCUT2D eigenvalue weighted by molar-refractivity contribution is -0.146. The Labute approximate surface area is 277 Å². The van der Waals surface area contributed by atoms with E-state index in [1.165, 1.54) is 0 Å². The molecule has 2 bridgehead atoms. The molecular formula is C37H47N3O5S. The SMILES string of the molecule is C=CCN(CCCC)C(=O)C1N([C@H](CO)c2ccccc2)C(=O)[C@@H]2[C@@H](C(=O)N(CC=C)c3ccc(OCC)cc3)[C@@]3(C)CCC12S3. The molecule has 9 heteroatoms. The summed E-state index contributed by atoms with van der Waals surface area (Å²) in [7, 11) is 0. The van der Waals surface area contributed by atoms with Crippen molar-refractivity contribution in [3.05, 3.63) is 85.5 Å². The van der Waals surface area contributed by atoms with Crippen molar-refractivity contribution < 1.29 is 24.2 Å². The van der Waals surface area contributed by atoms with Crippen molar-refractivity contribution in [3.63, 3.8) is 0 Å². The lowest BCUT2D eigenvalue weighted by atomic mass is 9.66. The zero-order valence-electron chi connectivity index (χ0n) is 27.3. The number of likely N-dealkylation sites (tertiary alicyclic amines) is 1. The molecule has 246 valence electrons. The lowest BCUT2D eigenvalue weighted by Crippen LogP contribution is -2.56. The van der Waals surface area contributed by atoms with E-state index in [1.807, 2.05) is 61.5 Å². The average Bonchev–Trinajstić information content (AvgIpc) is 3.63. The zero-order valence-corrected chi connectivity index (χ0v) is 28.1. The van der Waals surface area contributed by atoms with Gasteiger partial charge in [-0.1, -0.05) is 55.8 Å². The standard InChI is InChI=1S/C37H47N3O5S/c1-6-10-24-38(22-7-2)35(44)32-37-21-20-36(5,46-37)30(31(37)34(43)40(32)29(25-41)26-14-12-11-13-15-26)33(42)39(23-8-3)27-16-18-28(19-17-27)45-9-4/h7-8,11-19,29-32,41H,2-3,6,9-10,20-25H2,1,4-5H3/t29-,30+,31+,32?,36-,37?/m1/s1. The quantitative estimate of drug-likeness (QED) is 0.253. The lowest BCUT2D eigenvalue weighted by Gasteiger charge is -2.39. The zero-order chi connectivity index (χ0) is 33.1. The van der Waals surface area contributed by atoms with E-state index in [9.17, 15) is 19.5 Å². The highest BCUT2D eigenvalue weighted by atomic mass is 32.2. The average molecular weight is 646 g/mol. The minimum absolute atomic E-state index is 0.141. The number of unbranched alkanes of at least 4 members (excludes halogenated alkanes) is 1. The minimum atomic E-state index is -0.831. The first kappa shape index (κ1) is 33.8. The van der Waals surface area contributed by atoms with Gasteiger partial charge in [0.1, 0.15) is 11.8 Å². The molecule has 0 saturated carbocycles. The number of rotatable bonds is 15. The molecular weight excluding hydrogens is 598 g/mol. The minimum Gasteiger partial charge on any atom is -0.494 e. The summed E-state index contributed by atoms with van der Waals surface area (Å²) in [5.41, 5.74) is 1.45. The summed E-state index contributed by atoms with van der Waals surface area (Å²) < 4.78 is 4.27. The number of carbonyl (C=O) groups is 3. The van der Waals surface area contributed by atoms with Crippen molar-refractivity contribution >= 4 is 35.2 Å². The molecule has 5 rings (SSSR count). The monoisotopic (exact) mass is 645 g/mol. The van der Waals surface area contributed by atoms with Crippen molar-refractivity contribution in [1.82, 2.24) is 9.80 Å². The van der Waals surface area contributed by atoms with E-state index in [4.69, 9.17) is 4.74 Å². The summed E-state index contributed by atoms with van der Waals surface area (Å²) in [6.07, 6.45) is 6.49. The molecule has 2 unspecified atom stereocenters. The third-order valence-corrected chi connectivity index (χ3v) is 11.9. The van der Waals surface area contributed by atoms with Crippen LogP contribution in [0.3, 0.4) is 0 Å². The van der Waals surface area contributed by atoms with Crippen LogP contribution in [0, 0.1) is 11.8 Å². The van der Waals surface area contributed by atoms with Gasteiger partial charge in [0.05, 0.1) is 35.8 Å². The number of anilines is 1. The Morgan fingerprint density at radius 3 is 2.37 bits per heavy atom. The van der Waals surface area contributed by atoms with Gasteiger partial charge in [0.25, 0.3) is 0 Å². The van der Waals surface area contributed by atoms with Crippen LogP contribution in [0.2, 0.25) is 0 Å². The van der Waals surface area contributed by atoms with Crippen LogP contribution >= 0.6 is 11.8 Å². The number of hydrogen-bond donors (Lipinski definition) is 1. The highest BCUT2D eigenvalue weighted by Gasteiger charge is 2.78. The van der Waals surface area contributed by atoms with Crippen molar-refractivity contribution in [2.75, 3.05) is 37.7 Å². The number of benzene rings is 2. The number of amides is 3. The highest BCUT2D eigenvalue weighted by molar-refractivity contribution is 8.02. The summed E-state index contributed by atoms with van der Waals surface area (Å²) in [5.74, 6) is -1.20. The molecule has 46 heavy (non-hydrogen) atoms. The highest BCUT2D eigenvalue weighted by Crippen LogP contribution is 2.72. The molecule has 3 aliphatic heterocycles. The Kier molecular flexibility index (Phi) is 10.3. The predicted octanol–water partition coefficient (Wildman–Crippen LogP) is 5.63. The van der Waals surface area contributed by atoms with E-state index in [2.05, 4.69) is 27.0 Å². The number of thioether (sulfide) groups is 1. The summed E-state index contributed by atoms with van der Waals surface area (Å²) >= 11 is 1.64. The van der Waals surface area contributed by atoms with E-state index < -0.39 is 33.4 Å².